The molecule has 1 heterocycles. The summed E-state index contributed by atoms with van der Waals surface area (Å²) in [6.45, 7) is 0. The highest BCUT2D eigenvalue weighted by Crippen LogP contribution is 2.18. The lowest BCUT2D eigenvalue weighted by molar-refractivity contribution is 0.0702. The molecule has 0 atom stereocenters. The molecular formula is C15H12O4S. The fraction of sp³-hybridized carbons (Fsp3) is 0.0667. The van der Waals surface area contributed by atoms with Crippen molar-refractivity contribution >= 4 is 29.2 Å². The third-order valence-corrected chi connectivity index (χ3v) is 3.67. The summed E-state index contributed by atoms with van der Waals surface area (Å²) in [5, 5.41) is 8.81. The van der Waals surface area contributed by atoms with Crippen LogP contribution in [-0.4, -0.2) is 24.0 Å². The Balaban J connectivity index is 2.13. The van der Waals surface area contributed by atoms with Gasteiger partial charge in [0.2, 0.25) is 0 Å². The summed E-state index contributed by atoms with van der Waals surface area (Å²) >= 11 is 0.967. The second-order valence-electron chi connectivity index (χ2n) is 3.94. The molecule has 1 aromatic carbocycles. The molecule has 2 aromatic rings. The first kappa shape index (κ1) is 14.0. The Morgan fingerprint density at radius 2 is 1.95 bits per heavy atom. The van der Waals surface area contributed by atoms with E-state index in [9.17, 15) is 9.59 Å². The van der Waals surface area contributed by atoms with E-state index in [1.807, 2.05) is 18.2 Å². The molecule has 0 saturated carbocycles. The molecule has 0 saturated heterocycles. The summed E-state index contributed by atoms with van der Waals surface area (Å²) in [5.74, 6) is -0.528. The van der Waals surface area contributed by atoms with Crippen molar-refractivity contribution in [3.63, 3.8) is 0 Å². The Labute approximate surface area is 119 Å². The SMILES string of the molecule is COc1cccc(/C=C/C(=O)c2ccc(C(=O)O)s2)c1. The maximum absolute atomic E-state index is 11.9. The van der Waals surface area contributed by atoms with Gasteiger partial charge < -0.3 is 9.84 Å². The van der Waals surface area contributed by atoms with E-state index < -0.39 is 5.97 Å². The van der Waals surface area contributed by atoms with Crippen molar-refractivity contribution in [1.29, 1.82) is 0 Å². The summed E-state index contributed by atoms with van der Waals surface area (Å²) < 4.78 is 5.09. The minimum absolute atomic E-state index is 0.156. The topological polar surface area (TPSA) is 63.6 Å². The Kier molecular flexibility index (Phi) is 4.32. The first-order chi connectivity index (χ1) is 9.60. The zero-order chi connectivity index (χ0) is 14.5. The van der Waals surface area contributed by atoms with E-state index in [-0.39, 0.29) is 10.7 Å². The van der Waals surface area contributed by atoms with E-state index in [0.29, 0.717) is 10.6 Å². The first-order valence-corrected chi connectivity index (χ1v) is 6.61. The van der Waals surface area contributed by atoms with Gasteiger partial charge in [0.05, 0.1) is 12.0 Å². The number of hydrogen-bond acceptors (Lipinski definition) is 4. The van der Waals surface area contributed by atoms with Gasteiger partial charge in [-0.3, -0.25) is 4.79 Å². The average molecular weight is 288 g/mol. The highest BCUT2D eigenvalue weighted by Gasteiger charge is 2.10. The molecule has 4 nitrogen and oxygen atoms in total. The average Bonchev–Trinajstić information content (AvgIpc) is 2.95. The number of hydrogen-bond donors (Lipinski definition) is 1. The van der Waals surface area contributed by atoms with E-state index in [1.165, 1.54) is 18.2 Å². The van der Waals surface area contributed by atoms with Gasteiger partial charge in [-0.15, -0.1) is 11.3 Å². The highest BCUT2D eigenvalue weighted by atomic mass is 32.1. The van der Waals surface area contributed by atoms with Gasteiger partial charge in [0.25, 0.3) is 0 Å². The molecule has 1 aromatic heterocycles. The summed E-state index contributed by atoms with van der Waals surface area (Å²) in [6, 6.07) is 10.3. The van der Waals surface area contributed by atoms with Crippen molar-refractivity contribution in [2.75, 3.05) is 7.11 Å². The van der Waals surface area contributed by atoms with Gasteiger partial charge in [-0.25, -0.2) is 4.79 Å². The molecule has 0 unspecified atom stereocenters. The largest absolute Gasteiger partial charge is 0.497 e. The van der Waals surface area contributed by atoms with Crippen molar-refractivity contribution in [2.45, 2.75) is 0 Å². The van der Waals surface area contributed by atoms with Crippen molar-refractivity contribution in [3.05, 3.63) is 57.8 Å². The van der Waals surface area contributed by atoms with Gasteiger partial charge >= 0.3 is 5.97 Å². The number of methoxy groups -OCH3 is 1. The van der Waals surface area contributed by atoms with Crippen LogP contribution >= 0.6 is 11.3 Å². The third kappa shape index (κ3) is 3.33. The normalized spacial score (nSPS) is 10.7. The maximum Gasteiger partial charge on any atom is 0.345 e. The number of aromatic carboxylic acids is 1. The van der Waals surface area contributed by atoms with E-state index in [4.69, 9.17) is 9.84 Å². The summed E-state index contributed by atoms with van der Waals surface area (Å²) in [5.41, 5.74) is 0.840. The predicted octanol–water partition coefficient (Wildman–Crippen LogP) is 3.35. The molecule has 0 bridgehead atoms. The number of rotatable bonds is 5. The van der Waals surface area contributed by atoms with Gasteiger partial charge in [-0.1, -0.05) is 18.2 Å². The molecule has 0 aliphatic rings. The molecule has 0 amide bonds. The number of thiophene rings is 1. The molecule has 5 heteroatoms. The number of carboxylic acids is 1. The number of ketones is 1. The predicted molar refractivity (Wildman–Crippen MR) is 77.6 cm³/mol. The molecule has 1 N–H and O–H groups in total. The van der Waals surface area contributed by atoms with Gasteiger partial charge in [0.15, 0.2) is 5.78 Å². The lowest BCUT2D eigenvalue weighted by atomic mass is 10.2. The third-order valence-electron chi connectivity index (χ3n) is 2.58. The minimum Gasteiger partial charge on any atom is -0.497 e. The molecule has 20 heavy (non-hydrogen) atoms. The Hall–Kier alpha value is -2.40. The molecular weight excluding hydrogens is 276 g/mol. The van der Waals surface area contributed by atoms with Crippen LogP contribution in [-0.2, 0) is 0 Å². The van der Waals surface area contributed by atoms with Gasteiger partial charge in [0.1, 0.15) is 10.6 Å². The van der Waals surface area contributed by atoms with Crippen molar-refractivity contribution in [1.82, 2.24) is 0 Å². The van der Waals surface area contributed by atoms with Gasteiger partial charge in [-0.2, -0.15) is 0 Å². The van der Waals surface area contributed by atoms with Crippen molar-refractivity contribution < 1.29 is 19.4 Å². The zero-order valence-electron chi connectivity index (χ0n) is 10.7. The standard InChI is InChI=1S/C15H12O4S/c1-19-11-4-2-3-10(9-11)5-6-12(16)13-7-8-14(20-13)15(17)18/h2-9H,1H3,(H,17,18)/b6-5+. The smallest absolute Gasteiger partial charge is 0.345 e. The van der Waals surface area contributed by atoms with E-state index in [0.717, 1.165) is 16.9 Å². The Morgan fingerprint density at radius 1 is 1.20 bits per heavy atom. The highest BCUT2D eigenvalue weighted by molar-refractivity contribution is 7.16. The number of benzene rings is 1. The molecule has 2 rings (SSSR count). The van der Waals surface area contributed by atoms with Crippen LogP contribution in [0.4, 0.5) is 0 Å². The van der Waals surface area contributed by atoms with Crippen LogP contribution in [0.5, 0.6) is 5.75 Å². The zero-order valence-corrected chi connectivity index (χ0v) is 11.5. The molecule has 0 fully saturated rings. The quantitative estimate of drug-likeness (QED) is 0.677. The molecule has 0 spiro atoms. The summed E-state index contributed by atoms with van der Waals surface area (Å²) in [7, 11) is 1.58. The Bertz CT molecular complexity index is 670. The fourth-order valence-electron chi connectivity index (χ4n) is 1.58. The number of allylic oxidation sites excluding steroid dienone is 1. The molecule has 0 aliphatic carbocycles. The van der Waals surface area contributed by atoms with Crippen LogP contribution in [0.2, 0.25) is 0 Å². The molecule has 0 radical (unpaired) electrons. The molecule has 0 aliphatic heterocycles. The second kappa shape index (κ2) is 6.16. The number of carbonyl (C=O) groups is 2. The van der Waals surface area contributed by atoms with E-state index in [1.54, 1.807) is 19.3 Å². The number of carbonyl (C=O) groups excluding carboxylic acids is 1. The number of ether oxygens (including phenoxy) is 1. The van der Waals surface area contributed by atoms with E-state index >= 15 is 0 Å². The number of carboxylic acid groups (broad SMARTS) is 1. The summed E-state index contributed by atoms with van der Waals surface area (Å²) in [4.78, 5) is 23.2. The van der Waals surface area contributed by atoms with Crippen LogP contribution in [0.15, 0.2) is 42.5 Å². The maximum atomic E-state index is 11.9. The van der Waals surface area contributed by atoms with Crippen LogP contribution < -0.4 is 4.74 Å². The van der Waals surface area contributed by atoms with Crippen LogP contribution in [0.3, 0.4) is 0 Å². The lowest BCUT2D eigenvalue weighted by Gasteiger charge is -1.99. The lowest BCUT2D eigenvalue weighted by Crippen LogP contribution is -1.91. The monoisotopic (exact) mass is 288 g/mol. The van der Waals surface area contributed by atoms with Crippen molar-refractivity contribution in [3.8, 4) is 5.75 Å². The minimum atomic E-state index is -1.02. The van der Waals surface area contributed by atoms with Crippen LogP contribution in [0.25, 0.3) is 6.08 Å². The van der Waals surface area contributed by atoms with Gasteiger partial charge in [-0.05, 0) is 35.9 Å². The fourth-order valence-corrected chi connectivity index (χ4v) is 2.35. The summed E-state index contributed by atoms with van der Waals surface area (Å²) in [6.07, 6.45) is 3.09. The van der Waals surface area contributed by atoms with Crippen molar-refractivity contribution in [2.24, 2.45) is 0 Å². The first-order valence-electron chi connectivity index (χ1n) is 5.80. The second-order valence-corrected chi connectivity index (χ2v) is 5.03. The Morgan fingerprint density at radius 3 is 2.60 bits per heavy atom. The molecule has 102 valence electrons. The van der Waals surface area contributed by atoms with E-state index in [2.05, 4.69) is 0 Å². The van der Waals surface area contributed by atoms with Crippen LogP contribution in [0, 0.1) is 0 Å². The van der Waals surface area contributed by atoms with Gasteiger partial charge in [0, 0.05) is 0 Å². The van der Waals surface area contributed by atoms with Crippen LogP contribution in [0.1, 0.15) is 24.9 Å².